The van der Waals surface area contributed by atoms with E-state index in [-0.39, 0.29) is 0 Å². The topological polar surface area (TPSA) is 0 Å². The van der Waals surface area contributed by atoms with Gasteiger partial charge < -0.3 is 0 Å². The normalized spacial score (nSPS) is 9.44. The average molecular weight is 134 g/mol. The highest BCUT2D eigenvalue weighted by atomic mass is 27.0. The van der Waals surface area contributed by atoms with Gasteiger partial charge in [0, 0.05) is 0 Å². The Kier molecular flexibility index (Phi) is 2.33. The first-order valence-electron chi connectivity index (χ1n) is 3.39. The van der Waals surface area contributed by atoms with Crippen LogP contribution in [0.4, 0.5) is 0 Å². The van der Waals surface area contributed by atoms with Gasteiger partial charge in [-0.05, 0) is 6.42 Å². The average Bonchev–Trinajstić information content (AvgIpc) is 1.89. The number of hydrogen-bond donors (Lipinski definition) is 0. The van der Waals surface area contributed by atoms with Crippen molar-refractivity contribution in [3.8, 4) is 0 Å². The molecule has 1 rings (SSSR count). The largest absolute Gasteiger partial charge is 0.259 e. The van der Waals surface area contributed by atoms with E-state index in [2.05, 4.69) is 31.2 Å². The van der Waals surface area contributed by atoms with E-state index in [1.807, 2.05) is 0 Å². The van der Waals surface area contributed by atoms with Crippen LogP contribution in [0.5, 0.6) is 0 Å². The fourth-order valence-electron chi connectivity index (χ4n) is 1.01. The van der Waals surface area contributed by atoms with Crippen LogP contribution in [0.25, 0.3) is 0 Å². The van der Waals surface area contributed by atoms with Gasteiger partial charge in [0.1, 0.15) is 0 Å². The Morgan fingerprint density at radius 2 is 2.00 bits per heavy atom. The zero-order valence-corrected chi connectivity index (χ0v) is 8.02. The summed E-state index contributed by atoms with van der Waals surface area (Å²) >= 11 is 1.19. The molecule has 0 aliphatic rings. The SMILES string of the molecule is CCc1cccc[c]1[AlH2]. The van der Waals surface area contributed by atoms with Gasteiger partial charge in [-0.3, -0.25) is 0 Å². The van der Waals surface area contributed by atoms with Crippen molar-refractivity contribution >= 4 is 20.7 Å². The molecule has 0 radical (unpaired) electrons. The quantitative estimate of drug-likeness (QED) is 0.491. The lowest BCUT2D eigenvalue weighted by Gasteiger charge is -1.99. The number of rotatable bonds is 1. The van der Waals surface area contributed by atoms with Gasteiger partial charge in [0.05, 0.1) is 0 Å². The second-order valence-corrected chi connectivity index (χ2v) is 3.36. The first-order valence-corrected chi connectivity index (χ1v) is 4.39. The summed E-state index contributed by atoms with van der Waals surface area (Å²) in [6.07, 6.45) is 1.18. The highest BCUT2D eigenvalue weighted by molar-refractivity contribution is 6.33. The molecular weight excluding hydrogens is 123 g/mol. The summed E-state index contributed by atoms with van der Waals surface area (Å²) in [6.45, 7) is 2.21. The first-order chi connectivity index (χ1) is 4.34. The molecule has 1 aromatic rings. The maximum Gasteiger partial charge on any atom is 0.259 e. The summed E-state index contributed by atoms with van der Waals surface area (Å²) in [7, 11) is 0. The third-order valence-electron chi connectivity index (χ3n) is 1.64. The number of aryl methyl sites for hydroxylation is 1. The molecule has 46 valence electrons. The molecule has 0 aliphatic heterocycles. The van der Waals surface area contributed by atoms with Gasteiger partial charge in [-0.25, -0.2) is 0 Å². The minimum atomic E-state index is 1.18. The third kappa shape index (κ3) is 1.58. The van der Waals surface area contributed by atoms with Crippen molar-refractivity contribution in [2.75, 3.05) is 0 Å². The summed E-state index contributed by atoms with van der Waals surface area (Å²) < 4.78 is 1.54. The Bertz CT molecular complexity index is 194. The van der Waals surface area contributed by atoms with E-state index < -0.39 is 0 Å². The summed E-state index contributed by atoms with van der Waals surface area (Å²) in [5.41, 5.74) is 1.52. The Hall–Kier alpha value is -0.248. The fraction of sp³-hybridized carbons (Fsp3) is 0.250. The van der Waals surface area contributed by atoms with Crippen molar-refractivity contribution < 1.29 is 0 Å². The van der Waals surface area contributed by atoms with Crippen molar-refractivity contribution in [2.24, 2.45) is 0 Å². The molecule has 0 nitrogen and oxygen atoms in total. The number of benzene rings is 1. The van der Waals surface area contributed by atoms with Crippen LogP contribution in [0, 0.1) is 0 Å². The molecule has 1 aromatic carbocycles. The Labute approximate surface area is 64.3 Å². The second-order valence-electron chi connectivity index (χ2n) is 2.28. The van der Waals surface area contributed by atoms with E-state index in [9.17, 15) is 0 Å². The van der Waals surface area contributed by atoms with Crippen LogP contribution in [0.15, 0.2) is 24.3 Å². The Morgan fingerprint density at radius 1 is 1.33 bits per heavy atom. The van der Waals surface area contributed by atoms with Crippen LogP contribution in [-0.2, 0) is 6.42 Å². The van der Waals surface area contributed by atoms with E-state index >= 15 is 0 Å². The molecule has 0 aliphatic carbocycles. The lowest BCUT2D eigenvalue weighted by Crippen LogP contribution is -2.07. The second kappa shape index (κ2) is 3.06. The summed E-state index contributed by atoms with van der Waals surface area (Å²) in [4.78, 5) is 0. The zero-order chi connectivity index (χ0) is 6.69. The van der Waals surface area contributed by atoms with E-state index in [4.69, 9.17) is 0 Å². The van der Waals surface area contributed by atoms with Gasteiger partial charge in [0.25, 0.3) is 16.3 Å². The maximum absolute atomic E-state index is 2.21. The molecule has 0 fully saturated rings. The van der Waals surface area contributed by atoms with Gasteiger partial charge in [0.15, 0.2) is 0 Å². The van der Waals surface area contributed by atoms with E-state index in [1.165, 1.54) is 28.3 Å². The van der Waals surface area contributed by atoms with E-state index in [0.717, 1.165) is 0 Å². The molecule has 0 spiro atoms. The molecule has 0 saturated carbocycles. The minimum absolute atomic E-state index is 1.18. The molecule has 0 N–H and O–H groups in total. The molecule has 0 atom stereocenters. The highest BCUT2D eigenvalue weighted by Crippen LogP contribution is 1.93. The predicted octanol–water partition coefficient (Wildman–Crippen LogP) is 0.507. The molecule has 0 amide bonds. The standard InChI is InChI=1S/C8H9.Al.2H/c1-2-8-6-4-3-5-7-8;;;/h3-6H,2H2,1H3;;;. The lowest BCUT2D eigenvalue weighted by molar-refractivity contribution is 1.15. The van der Waals surface area contributed by atoms with E-state index in [1.54, 1.807) is 4.43 Å². The summed E-state index contributed by atoms with van der Waals surface area (Å²) in [6, 6.07) is 8.65. The first kappa shape index (κ1) is 6.87. The van der Waals surface area contributed by atoms with Crippen LogP contribution >= 0.6 is 0 Å². The van der Waals surface area contributed by atoms with Crippen LogP contribution in [-0.4, -0.2) is 16.3 Å². The lowest BCUT2D eigenvalue weighted by atomic mass is 10.2. The van der Waals surface area contributed by atoms with Crippen molar-refractivity contribution in [3.05, 3.63) is 29.8 Å². The van der Waals surface area contributed by atoms with Crippen molar-refractivity contribution in [1.82, 2.24) is 0 Å². The van der Waals surface area contributed by atoms with Crippen molar-refractivity contribution in [1.29, 1.82) is 0 Å². The van der Waals surface area contributed by atoms with Gasteiger partial charge in [-0.15, -0.1) is 4.43 Å². The van der Waals surface area contributed by atoms with Crippen LogP contribution in [0.3, 0.4) is 0 Å². The predicted molar refractivity (Wildman–Crippen MR) is 44.0 cm³/mol. The Morgan fingerprint density at radius 3 is 2.44 bits per heavy atom. The summed E-state index contributed by atoms with van der Waals surface area (Å²) in [5, 5.41) is 0. The van der Waals surface area contributed by atoms with Crippen LogP contribution in [0.1, 0.15) is 12.5 Å². The van der Waals surface area contributed by atoms with E-state index in [0.29, 0.717) is 0 Å². The smallest absolute Gasteiger partial charge is 0.118 e. The third-order valence-corrected chi connectivity index (χ3v) is 2.62. The molecule has 0 saturated heterocycles. The molecule has 1 heteroatoms. The fourth-order valence-corrected chi connectivity index (χ4v) is 1.72. The molecule has 0 unspecified atom stereocenters. The molecule has 9 heavy (non-hydrogen) atoms. The van der Waals surface area contributed by atoms with Crippen LogP contribution in [0.2, 0.25) is 0 Å². The van der Waals surface area contributed by atoms with Gasteiger partial charge in [0.2, 0.25) is 0 Å². The zero-order valence-electron chi connectivity index (χ0n) is 6.02. The molecule has 0 bridgehead atoms. The van der Waals surface area contributed by atoms with Gasteiger partial charge >= 0.3 is 0 Å². The van der Waals surface area contributed by atoms with Crippen LogP contribution < -0.4 is 4.43 Å². The van der Waals surface area contributed by atoms with Gasteiger partial charge in [-0.1, -0.05) is 36.8 Å². The minimum Gasteiger partial charge on any atom is -0.118 e. The maximum atomic E-state index is 2.21. The van der Waals surface area contributed by atoms with Crippen molar-refractivity contribution in [2.45, 2.75) is 13.3 Å². The highest BCUT2D eigenvalue weighted by Gasteiger charge is 1.89. The summed E-state index contributed by atoms with van der Waals surface area (Å²) in [5.74, 6) is 0. The molecular formula is C8H11Al. The monoisotopic (exact) mass is 134 g/mol. The Balaban J connectivity index is 3.01. The molecule has 0 heterocycles. The number of hydrogen-bond acceptors (Lipinski definition) is 0. The van der Waals surface area contributed by atoms with Crippen molar-refractivity contribution in [3.63, 3.8) is 0 Å². The molecule has 0 aromatic heterocycles. The van der Waals surface area contributed by atoms with Gasteiger partial charge in [-0.2, -0.15) is 0 Å².